The second kappa shape index (κ2) is 8.67. The van der Waals surface area contributed by atoms with Crippen LogP contribution in [0.1, 0.15) is 22.3 Å². The van der Waals surface area contributed by atoms with Crippen LogP contribution < -0.4 is 0 Å². The molecule has 6 aromatic rings. The number of hydrogen-bond acceptors (Lipinski definition) is 6. The van der Waals surface area contributed by atoms with Gasteiger partial charge in [-0.25, -0.2) is 19.0 Å². The van der Waals surface area contributed by atoms with Crippen molar-refractivity contribution in [3.63, 3.8) is 0 Å². The Hall–Kier alpha value is -4.40. The van der Waals surface area contributed by atoms with E-state index in [2.05, 4.69) is 36.2 Å². The third-order valence-electron chi connectivity index (χ3n) is 6.59. The van der Waals surface area contributed by atoms with Gasteiger partial charge in [-0.3, -0.25) is 0 Å². The quantitative estimate of drug-likeness (QED) is 0.383. The first-order valence-electron chi connectivity index (χ1n) is 11.7. The van der Waals surface area contributed by atoms with E-state index in [1.165, 1.54) is 0 Å². The van der Waals surface area contributed by atoms with Crippen molar-refractivity contribution in [2.75, 3.05) is 0 Å². The van der Waals surface area contributed by atoms with Crippen molar-refractivity contribution in [2.24, 2.45) is 0 Å². The van der Waals surface area contributed by atoms with E-state index in [0.717, 1.165) is 55.8 Å². The van der Waals surface area contributed by atoms with Crippen LogP contribution in [0.3, 0.4) is 0 Å². The number of aliphatic hydroxyl groups is 2. The van der Waals surface area contributed by atoms with Crippen molar-refractivity contribution >= 4 is 11.3 Å². The Labute approximate surface area is 207 Å². The number of rotatable bonds is 5. The molecule has 4 heterocycles. The molecule has 0 bridgehead atoms. The third kappa shape index (κ3) is 3.64. The normalized spacial score (nSPS) is 11.6. The van der Waals surface area contributed by atoms with Crippen molar-refractivity contribution in [3.05, 3.63) is 95.3 Å². The van der Waals surface area contributed by atoms with Crippen LogP contribution in [0.4, 0.5) is 0 Å². The molecule has 36 heavy (non-hydrogen) atoms. The van der Waals surface area contributed by atoms with Gasteiger partial charge in [-0.1, -0.05) is 48.5 Å². The highest BCUT2D eigenvalue weighted by Gasteiger charge is 2.17. The van der Waals surface area contributed by atoms with E-state index >= 15 is 0 Å². The Kier molecular flexibility index (Phi) is 5.32. The molecule has 0 saturated heterocycles. The molecule has 0 aliphatic heterocycles. The summed E-state index contributed by atoms with van der Waals surface area (Å²) in [6.07, 6.45) is 3.59. The van der Waals surface area contributed by atoms with Gasteiger partial charge in [0.1, 0.15) is 0 Å². The van der Waals surface area contributed by atoms with Crippen molar-refractivity contribution in [1.82, 2.24) is 29.2 Å². The van der Waals surface area contributed by atoms with Crippen molar-refractivity contribution in [2.45, 2.75) is 27.1 Å². The number of aromatic nitrogens is 6. The number of benzene rings is 2. The minimum atomic E-state index is -0.0426. The van der Waals surface area contributed by atoms with E-state index in [1.807, 2.05) is 48.5 Å². The van der Waals surface area contributed by atoms with Crippen LogP contribution in [-0.2, 0) is 13.2 Å². The Morgan fingerprint density at radius 2 is 1.00 bits per heavy atom. The molecule has 0 amide bonds. The number of pyridine rings is 2. The number of nitrogens with zero attached hydrogens (tertiary/aromatic N) is 6. The zero-order chi connectivity index (χ0) is 24.8. The predicted molar refractivity (Wildman–Crippen MR) is 137 cm³/mol. The zero-order valence-electron chi connectivity index (χ0n) is 19.9. The van der Waals surface area contributed by atoms with Crippen LogP contribution in [0.2, 0.25) is 0 Å². The molecule has 0 aliphatic carbocycles. The SMILES string of the molecule is Cc1c(-c2nc3ccc(CO)cn3n2)cccc1-c1cccc(-c2nc3ccc(CO)cn3n2)c1C. The predicted octanol–water partition coefficient (Wildman–Crippen LogP) is 4.37. The molecular formula is C28H24N6O2. The van der Waals surface area contributed by atoms with Crippen LogP contribution in [0.25, 0.3) is 45.2 Å². The average molecular weight is 477 g/mol. The molecule has 8 heteroatoms. The first kappa shape index (κ1) is 22.1. The summed E-state index contributed by atoms with van der Waals surface area (Å²) in [6.45, 7) is 4.08. The second-order valence-electron chi connectivity index (χ2n) is 8.82. The second-order valence-corrected chi connectivity index (χ2v) is 8.82. The van der Waals surface area contributed by atoms with Crippen LogP contribution in [0.15, 0.2) is 73.1 Å². The van der Waals surface area contributed by atoms with Crippen LogP contribution in [0, 0.1) is 13.8 Å². The van der Waals surface area contributed by atoms with Gasteiger partial charge in [-0.2, -0.15) is 0 Å². The molecular weight excluding hydrogens is 452 g/mol. The summed E-state index contributed by atoms with van der Waals surface area (Å²) in [6, 6.07) is 19.7. The molecule has 4 aromatic heterocycles. The highest BCUT2D eigenvalue weighted by Crippen LogP contribution is 2.35. The fourth-order valence-electron chi connectivity index (χ4n) is 4.61. The monoisotopic (exact) mass is 476 g/mol. The van der Waals surface area contributed by atoms with Gasteiger partial charge >= 0.3 is 0 Å². The minimum absolute atomic E-state index is 0.0426. The maximum absolute atomic E-state index is 9.44. The van der Waals surface area contributed by atoms with Gasteiger partial charge in [-0.15, -0.1) is 10.2 Å². The van der Waals surface area contributed by atoms with Gasteiger partial charge in [0.15, 0.2) is 22.9 Å². The van der Waals surface area contributed by atoms with Gasteiger partial charge in [0.2, 0.25) is 0 Å². The fraction of sp³-hybridized carbons (Fsp3) is 0.143. The van der Waals surface area contributed by atoms with Crippen molar-refractivity contribution in [3.8, 4) is 33.9 Å². The van der Waals surface area contributed by atoms with E-state index in [-0.39, 0.29) is 13.2 Å². The summed E-state index contributed by atoms with van der Waals surface area (Å²) in [5.41, 5.74) is 9.26. The minimum Gasteiger partial charge on any atom is -0.392 e. The Morgan fingerprint density at radius 1 is 0.583 bits per heavy atom. The van der Waals surface area contributed by atoms with Gasteiger partial charge in [0.05, 0.1) is 13.2 Å². The van der Waals surface area contributed by atoms with E-state index in [4.69, 9.17) is 9.97 Å². The van der Waals surface area contributed by atoms with Crippen molar-refractivity contribution in [1.29, 1.82) is 0 Å². The molecule has 2 aromatic carbocycles. The number of fused-ring (bicyclic) bond motifs is 2. The molecule has 8 nitrogen and oxygen atoms in total. The molecule has 0 radical (unpaired) electrons. The topological polar surface area (TPSA) is 101 Å². The highest BCUT2D eigenvalue weighted by molar-refractivity contribution is 5.81. The summed E-state index contributed by atoms with van der Waals surface area (Å²) in [5.74, 6) is 1.28. The van der Waals surface area contributed by atoms with E-state index < -0.39 is 0 Å². The molecule has 0 atom stereocenters. The number of hydrogen-bond donors (Lipinski definition) is 2. The average Bonchev–Trinajstić information content (AvgIpc) is 3.52. The van der Waals surface area contributed by atoms with Gasteiger partial charge in [0.25, 0.3) is 0 Å². The summed E-state index contributed by atoms with van der Waals surface area (Å²) in [5, 5.41) is 28.2. The Morgan fingerprint density at radius 3 is 1.42 bits per heavy atom. The molecule has 6 rings (SSSR count). The first-order valence-corrected chi connectivity index (χ1v) is 11.7. The highest BCUT2D eigenvalue weighted by atomic mass is 16.3. The van der Waals surface area contributed by atoms with Gasteiger partial charge in [0, 0.05) is 23.5 Å². The maximum atomic E-state index is 9.44. The van der Waals surface area contributed by atoms with Crippen LogP contribution in [0.5, 0.6) is 0 Å². The van der Waals surface area contributed by atoms with Gasteiger partial charge in [-0.05, 0) is 59.4 Å². The lowest BCUT2D eigenvalue weighted by molar-refractivity contribution is 0.281. The maximum Gasteiger partial charge on any atom is 0.182 e. The Balaban J connectivity index is 1.44. The molecule has 0 spiro atoms. The largest absolute Gasteiger partial charge is 0.392 e. The molecule has 178 valence electrons. The van der Waals surface area contributed by atoms with Crippen molar-refractivity contribution < 1.29 is 10.2 Å². The van der Waals surface area contributed by atoms with E-state index in [9.17, 15) is 10.2 Å². The summed E-state index contributed by atoms with van der Waals surface area (Å²) < 4.78 is 3.41. The lowest BCUT2D eigenvalue weighted by Crippen LogP contribution is -1.95. The molecule has 2 N–H and O–H groups in total. The lowest BCUT2D eigenvalue weighted by Gasteiger charge is -2.14. The zero-order valence-corrected chi connectivity index (χ0v) is 19.9. The fourth-order valence-corrected chi connectivity index (χ4v) is 4.61. The number of aliphatic hydroxyl groups excluding tert-OH is 2. The Bertz CT molecular complexity index is 1620. The van der Waals surface area contributed by atoms with Crippen LogP contribution in [-0.4, -0.2) is 39.4 Å². The first-order chi connectivity index (χ1) is 17.6. The lowest BCUT2D eigenvalue weighted by atomic mass is 9.91. The van der Waals surface area contributed by atoms with Gasteiger partial charge < -0.3 is 10.2 Å². The summed E-state index contributed by atoms with van der Waals surface area (Å²) in [4.78, 5) is 9.42. The smallest absolute Gasteiger partial charge is 0.182 e. The molecule has 0 unspecified atom stereocenters. The van der Waals surface area contributed by atoms with E-state index in [0.29, 0.717) is 11.6 Å². The molecule has 0 aliphatic rings. The van der Waals surface area contributed by atoms with E-state index in [1.54, 1.807) is 21.4 Å². The summed E-state index contributed by atoms with van der Waals surface area (Å²) >= 11 is 0. The molecule has 0 saturated carbocycles. The summed E-state index contributed by atoms with van der Waals surface area (Å²) in [7, 11) is 0. The van der Waals surface area contributed by atoms with Crippen LogP contribution >= 0.6 is 0 Å². The third-order valence-corrected chi connectivity index (χ3v) is 6.59. The standard InChI is InChI=1S/C28H24N6O2/c1-17-21(5-3-7-23(17)27-29-25-11-9-19(15-35)13-33(25)31-27)22-6-4-8-24(18(22)2)28-30-26-12-10-20(16-36)14-34(26)32-28/h3-14,35-36H,15-16H2,1-2H3. The molecule has 0 fully saturated rings.